The Bertz CT molecular complexity index is 1210. The summed E-state index contributed by atoms with van der Waals surface area (Å²) in [6.45, 7) is 39.9. The number of nitrogens with one attached hydrogen (secondary N) is 1. The Kier molecular flexibility index (Phi) is 16.6. The second-order valence-electron chi connectivity index (χ2n) is 18.3. The van der Waals surface area contributed by atoms with Crippen LogP contribution in [0.5, 0.6) is 0 Å². The summed E-state index contributed by atoms with van der Waals surface area (Å²) >= 11 is 3.56. The highest BCUT2D eigenvalue weighted by atomic mass is 79.9. The lowest BCUT2D eigenvalue weighted by molar-refractivity contribution is 0.169. The quantitative estimate of drug-likeness (QED) is 0.216. The van der Waals surface area contributed by atoms with Crippen LogP contribution in [0.1, 0.15) is 116 Å². The van der Waals surface area contributed by atoms with E-state index >= 15 is 0 Å². The van der Waals surface area contributed by atoms with Gasteiger partial charge in [-0.1, -0.05) is 135 Å². The first-order chi connectivity index (χ1) is 22.4. The standard InChI is InChI=1S/C20H35BN2O.C15H23Br.C5H13BN2O/c1-19(2,3)17-12-16(13-18(14-17)20(4,5)6)15-22-8-10-23(11-9-22)21(7)24;1-14(2,3)12-7-11(10-16)8-13(9-12)15(4,5)6;1-6(9)8-4-2-7-3-5-8/h12-14,24H,8-11,15H2,1-7H3;7-9H,10H2,1-6H3;7,9H,2-5H2,1H3. The van der Waals surface area contributed by atoms with Gasteiger partial charge in [-0.3, -0.25) is 4.90 Å². The van der Waals surface area contributed by atoms with Crippen LogP contribution in [0.3, 0.4) is 0 Å². The molecule has 0 unspecified atom stereocenters. The summed E-state index contributed by atoms with van der Waals surface area (Å²) in [4.78, 5) is 6.70. The predicted octanol–water partition coefficient (Wildman–Crippen LogP) is 7.69. The van der Waals surface area contributed by atoms with Crippen LogP contribution in [0.4, 0.5) is 0 Å². The molecule has 2 aromatic carbocycles. The molecular formula is C40H71B2BrN4O2. The van der Waals surface area contributed by atoms with E-state index in [1.807, 2.05) is 13.6 Å². The fraction of sp³-hybridized carbons (Fsp3) is 0.700. The van der Waals surface area contributed by atoms with Gasteiger partial charge in [-0.05, 0) is 68.7 Å². The van der Waals surface area contributed by atoms with E-state index in [-0.39, 0.29) is 35.8 Å². The first-order valence-corrected chi connectivity index (χ1v) is 19.7. The molecular weight excluding hydrogens is 670 g/mol. The van der Waals surface area contributed by atoms with Crippen molar-refractivity contribution in [2.24, 2.45) is 0 Å². The van der Waals surface area contributed by atoms with Crippen LogP contribution in [-0.2, 0) is 33.5 Å². The number of benzene rings is 2. The van der Waals surface area contributed by atoms with Crippen molar-refractivity contribution in [3.8, 4) is 0 Å². The molecule has 0 aliphatic carbocycles. The third kappa shape index (κ3) is 15.1. The molecule has 4 rings (SSSR count). The molecule has 0 radical (unpaired) electrons. The first-order valence-electron chi connectivity index (χ1n) is 18.5. The highest BCUT2D eigenvalue weighted by Crippen LogP contribution is 2.32. The molecule has 2 heterocycles. The summed E-state index contributed by atoms with van der Waals surface area (Å²) in [5.41, 5.74) is 9.26. The van der Waals surface area contributed by atoms with E-state index in [0.717, 1.165) is 64.2 Å². The van der Waals surface area contributed by atoms with Gasteiger partial charge in [-0.2, -0.15) is 0 Å². The average molecular weight is 742 g/mol. The largest absolute Gasteiger partial charge is 0.437 e. The van der Waals surface area contributed by atoms with Gasteiger partial charge in [-0.15, -0.1) is 0 Å². The Labute approximate surface area is 311 Å². The van der Waals surface area contributed by atoms with Crippen molar-refractivity contribution in [1.82, 2.24) is 19.8 Å². The number of alkyl halides is 1. The van der Waals surface area contributed by atoms with Crippen molar-refractivity contribution in [3.63, 3.8) is 0 Å². The van der Waals surface area contributed by atoms with E-state index in [9.17, 15) is 5.02 Å². The summed E-state index contributed by atoms with van der Waals surface area (Å²) in [6.07, 6.45) is 0. The molecule has 49 heavy (non-hydrogen) atoms. The maximum absolute atomic E-state index is 9.71. The van der Waals surface area contributed by atoms with Gasteiger partial charge in [0.2, 0.25) is 0 Å². The van der Waals surface area contributed by atoms with Crippen LogP contribution in [0.15, 0.2) is 36.4 Å². The van der Waals surface area contributed by atoms with Crippen molar-refractivity contribution in [3.05, 3.63) is 69.8 Å². The van der Waals surface area contributed by atoms with Crippen molar-refractivity contribution in [2.45, 2.75) is 130 Å². The van der Waals surface area contributed by atoms with E-state index in [0.29, 0.717) is 0 Å². The fourth-order valence-electron chi connectivity index (χ4n) is 5.89. The molecule has 0 bridgehead atoms. The van der Waals surface area contributed by atoms with Gasteiger partial charge in [0.15, 0.2) is 0 Å². The topological polar surface area (TPSA) is 62.2 Å². The van der Waals surface area contributed by atoms with E-state index < -0.39 is 0 Å². The van der Waals surface area contributed by atoms with Crippen LogP contribution in [0.25, 0.3) is 0 Å². The molecule has 6 nitrogen and oxygen atoms in total. The molecule has 3 N–H and O–H groups in total. The summed E-state index contributed by atoms with van der Waals surface area (Å²) in [6, 6.07) is 14.1. The lowest BCUT2D eigenvalue weighted by atomic mass is 9.79. The van der Waals surface area contributed by atoms with Crippen molar-refractivity contribution >= 4 is 30.0 Å². The van der Waals surface area contributed by atoms with Gasteiger partial charge < -0.3 is 25.0 Å². The molecule has 276 valence electrons. The van der Waals surface area contributed by atoms with Crippen molar-refractivity contribution < 1.29 is 10.0 Å². The molecule has 2 aliphatic heterocycles. The van der Waals surface area contributed by atoms with Crippen LogP contribution in [-0.4, -0.2) is 91.0 Å². The van der Waals surface area contributed by atoms with Crippen molar-refractivity contribution in [2.75, 3.05) is 52.4 Å². The van der Waals surface area contributed by atoms with E-state index in [2.05, 4.69) is 155 Å². The number of rotatable bonds is 5. The predicted molar refractivity (Wildman–Crippen MR) is 219 cm³/mol. The minimum Gasteiger partial charge on any atom is -0.437 e. The Balaban J connectivity index is 0.000000285. The van der Waals surface area contributed by atoms with Gasteiger partial charge in [0.05, 0.1) is 0 Å². The maximum atomic E-state index is 9.71. The lowest BCUT2D eigenvalue weighted by Gasteiger charge is -2.35. The third-order valence-electron chi connectivity index (χ3n) is 9.63. The summed E-state index contributed by atoms with van der Waals surface area (Å²) in [5.74, 6) is 0. The highest BCUT2D eigenvalue weighted by molar-refractivity contribution is 9.08. The number of nitrogens with zero attached hydrogens (tertiary/aromatic N) is 3. The molecule has 2 aliphatic rings. The van der Waals surface area contributed by atoms with E-state index in [1.54, 1.807) is 0 Å². The zero-order valence-electron chi connectivity index (χ0n) is 33.8. The Morgan fingerprint density at radius 1 is 0.551 bits per heavy atom. The molecule has 2 aromatic rings. The summed E-state index contributed by atoms with van der Waals surface area (Å²) < 4.78 is 0. The molecule has 0 atom stereocenters. The monoisotopic (exact) mass is 740 g/mol. The second-order valence-corrected chi connectivity index (χ2v) is 18.9. The summed E-state index contributed by atoms with van der Waals surface area (Å²) in [7, 11) is -0.601. The van der Waals surface area contributed by atoms with Crippen LogP contribution < -0.4 is 5.32 Å². The third-order valence-corrected chi connectivity index (χ3v) is 10.3. The Morgan fingerprint density at radius 3 is 1.16 bits per heavy atom. The van der Waals surface area contributed by atoms with Crippen LogP contribution >= 0.6 is 15.9 Å². The van der Waals surface area contributed by atoms with E-state index in [1.165, 1.54) is 33.4 Å². The Morgan fingerprint density at radius 2 is 0.878 bits per heavy atom. The van der Waals surface area contributed by atoms with Gasteiger partial charge >= 0.3 is 14.1 Å². The zero-order chi connectivity index (χ0) is 37.4. The fourth-order valence-corrected chi connectivity index (χ4v) is 6.22. The van der Waals surface area contributed by atoms with Gasteiger partial charge in [0.25, 0.3) is 0 Å². The van der Waals surface area contributed by atoms with E-state index in [4.69, 9.17) is 5.02 Å². The van der Waals surface area contributed by atoms with Gasteiger partial charge in [-0.25, -0.2) is 0 Å². The second kappa shape index (κ2) is 18.5. The number of piperazine rings is 2. The molecule has 2 fully saturated rings. The molecule has 0 aromatic heterocycles. The smallest absolute Gasteiger partial charge is 0.376 e. The first kappa shape index (κ1) is 44.0. The minimum absolute atomic E-state index is 0.168. The molecule has 0 amide bonds. The van der Waals surface area contributed by atoms with Gasteiger partial charge in [0.1, 0.15) is 0 Å². The van der Waals surface area contributed by atoms with Gasteiger partial charge in [0, 0.05) is 64.2 Å². The van der Waals surface area contributed by atoms with Crippen molar-refractivity contribution in [1.29, 1.82) is 0 Å². The highest BCUT2D eigenvalue weighted by Gasteiger charge is 2.25. The normalized spacial score (nSPS) is 17.1. The SMILES string of the molecule is CB(O)N1CCN(Cc2cc(C(C)(C)C)cc(C(C)(C)C)c2)CC1.CB(O)N1CCNCC1.CC(C)(C)c1cc(CBr)cc(C(C)(C)C)c1. The maximum Gasteiger partial charge on any atom is 0.376 e. The number of hydrogen-bond donors (Lipinski definition) is 3. The van der Waals surface area contributed by atoms with Crippen LogP contribution in [0.2, 0.25) is 13.6 Å². The minimum atomic E-state index is -0.330. The summed E-state index contributed by atoms with van der Waals surface area (Å²) in [5, 5.41) is 22.9. The molecule has 9 heteroatoms. The Hall–Kier alpha value is -1.19. The van der Waals surface area contributed by atoms with Crippen LogP contribution in [0, 0.1) is 0 Å². The molecule has 0 spiro atoms. The molecule has 0 saturated carbocycles. The molecule has 2 saturated heterocycles. The zero-order valence-corrected chi connectivity index (χ0v) is 35.4. The average Bonchev–Trinajstić information content (AvgIpc) is 3.00. The lowest BCUT2D eigenvalue weighted by Crippen LogP contribution is -2.51. The number of halogens is 1. The number of hydrogen-bond acceptors (Lipinski definition) is 6.